The van der Waals surface area contributed by atoms with Crippen LogP contribution in [0.3, 0.4) is 0 Å². The van der Waals surface area contributed by atoms with E-state index >= 15 is 0 Å². The zero-order valence-electron chi connectivity index (χ0n) is 15.8. The number of halogens is 2. The number of carbonyl (C=O) groups excluding carboxylic acids is 1. The third-order valence-electron chi connectivity index (χ3n) is 4.64. The zero-order valence-corrected chi connectivity index (χ0v) is 17.3. The van der Waals surface area contributed by atoms with E-state index in [2.05, 4.69) is 44.9 Å². The second-order valence-corrected chi connectivity index (χ2v) is 9.07. The minimum Gasteiger partial charge on any atom is -0.334 e. The zero-order chi connectivity index (χ0) is 18.8. The molecule has 0 saturated carbocycles. The van der Waals surface area contributed by atoms with Gasteiger partial charge in [-0.25, -0.2) is 4.98 Å². The van der Waals surface area contributed by atoms with Crippen molar-refractivity contribution in [2.24, 2.45) is 0 Å². The molecule has 0 atom stereocenters. The Morgan fingerprint density at radius 1 is 1.24 bits per heavy atom. The Labute approximate surface area is 161 Å². The van der Waals surface area contributed by atoms with Crippen LogP contribution in [0.25, 0.3) is 0 Å². The van der Waals surface area contributed by atoms with Crippen molar-refractivity contribution in [3.8, 4) is 0 Å². The fourth-order valence-electron chi connectivity index (χ4n) is 3.97. The van der Waals surface area contributed by atoms with Crippen molar-refractivity contribution < 1.29 is 4.79 Å². The minimum absolute atomic E-state index is 0.0390. The van der Waals surface area contributed by atoms with E-state index in [1.807, 2.05) is 4.90 Å². The largest absolute Gasteiger partial charge is 0.334 e. The quantitative estimate of drug-likeness (QED) is 0.729. The molecule has 0 aliphatic carbocycles. The Morgan fingerprint density at radius 3 is 2.40 bits per heavy atom. The second kappa shape index (κ2) is 7.81. The molecule has 1 N–H and O–H groups in total. The van der Waals surface area contributed by atoms with Crippen molar-refractivity contribution in [1.82, 2.24) is 15.2 Å². The number of aromatic nitrogens is 1. The van der Waals surface area contributed by atoms with Crippen molar-refractivity contribution in [1.29, 1.82) is 0 Å². The molecule has 0 aromatic carbocycles. The van der Waals surface area contributed by atoms with Crippen LogP contribution >= 0.6 is 23.2 Å². The summed E-state index contributed by atoms with van der Waals surface area (Å²) in [4.78, 5) is 19.4. The topological polar surface area (TPSA) is 45.2 Å². The van der Waals surface area contributed by atoms with Crippen LogP contribution in [0.5, 0.6) is 0 Å². The summed E-state index contributed by atoms with van der Waals surface area (Å²) >= 11 is 12.2. The van der Waals surface area contributed by atoms with Gasteiger partial charge in [0.1, 0.15) is 10.8 Å². The molecule has 2 heterocycles. The van der Waals surface area contributed by atoms with E-state index in [4.69, 9.17) is 23.2 Å². The molecule has 1 saturated heterocycles. The summed E-state index contributed by atoms with van der Waals surface area (Å²) < 4.78 is 0. The number of nitrogens with zero attached hydrogens (tertiary/aromatic N) is 2. The predicted molar refractivity (Wildman–Crippen MR) is 105 cm³/mol. The van der Waals surface area contributed by atoms with Crippen molar-refractivity contribution in [2.45, 2.75) is 77.4 Å². The molecule has 1 aliphatic rings. The molecule has 0 unspecified atom stereocenters. The summed E-state index contributed by atoms with van der Waals surface area (Å²) in [5.74, 6) is -0.126. The standard InChI is InChI=1S/C19H29Cl2N3O/c1-6-7-10-24(13-11-18(2,3)23-19(4,5)12-13)17(25)16-14(20)8-9-15(21)22-16/h8-9,13,23H,6-7,10-12H2,1-5H3. The number of unbranched alkanes of at least 4 members (excludes halogenated alkanes) is 1. The van der Waals surface area contributed by atoms with E-state index in [1.54, 1.807) is 12.1 Å². The van der Waals surface area contributed by atoms with Gasteiger partial charge in [-0.2, -0.15) is 0 Å². The SMILES string of the molecule is CCCCN(C(=O)c1nc(Cl)ccc1Cl)C1CC(C)(C)NC(C)(C)C1. The molecule has 25 heavy (non-hydrogen) atoms. The number of nitrogens with one attached hydrogen (secondary N) is 1. The van der Waals surface area contributed by atoms with Crippen LogP contribution in [-0.2, 0) is 0 Å². The number of rotatable bonds is 5. The summed E-state index contributed by atoms with van der Waals surface area (Å²) in [7, 11) is 0. The normalized spacial score (nSPS) is 19.6. The molecule has 2 rings (SSSR count). The van der Waals surface area contributed by atoms with E-state index in [0.717, 1.165) is 25.7 Å². The minimum atomic E-state index is -0.126. The van der Waals surface area contributed by atoms with Crippen LogP contribution in [0.2, 0.25) is 10.2 Å². The van der Waals surface area contributed by atoms with Gasteiger partial charge in [-0.15, -0.1) is 0 Å². The second-order valence-electron chi connectivity index (χ2n) is 8.27. The predicted octanol–water partition coefficient (Wildman–Crippen LogP) is 4.94. The van der Waals surface area contributed by atoms with Crippen molar-refractivity contribution >= 4 is 29.1 Å². The maximum atomic E-state index is 13.2. The van der Waals surface area contributed by atoms with Crippen LogP contribution in [0, 0.1) is 0 Å². The average molecular weight is 386 g/mol. The summed E-state index contributed by atoms with van der Waals surface area (Å²) in [5, 5.41) is 4.31. The van der Waals surface area contributed by atoms with Gasteiger partial charge in [0.25, 0.3) is 5.91 Å². The molecule has 1 aromatic rings. The molecular formula is C19H29Cl2N3O. The number of piperidine rings is 1. The maximum Gasteiger partial charge on any atom is 0.274 e. The molecule has 1 aliphatic heterocycles. The first-order valence-corrected chi connectivity index (χ1v) is 9.72. The van der Waals surface area contributed by atoms with Gasteiger partial charge in [0, 0.05) is 23.7 Å². The summed E-state index contributed by atoms with van der Waals surface area (Å²) in [6.07, 6.45) is 3.76. The molecule has 0 bridgehead atoms. The van der Waals surface area contributed by atoms with Crippen LogP contribution in [0.1, 0.15) is 70.8 Å². The van der Waals surface area contributed by atoms with Crippen molar-refractivity contribution in [2.75, 3.05) is 6.54 Å². The third-order valence-corrected chi connectivity index (χ3v) is 5.15. The highest BCUT2D eigenvalue weighted by atomic mass is 35.5. The molecule has 1 fully saturated rings. The van der Waals surface area contributed by atoms with Crippen molar-refractivity contribution in [3.05, 3.63) is 28.0 Å². The number of amides is 1. The molecular weight excluding hydrogens is 357 g/mol. The van der Waals surface area contributed by atoms with Gasteiger partial charge in [0.15, 0.2) is 0 Å². The van der Waals surface area contributed by atoms with Crippen molar-refractivity contribution in [3.63, 3.8) is 0 Å². The first-order chi connectivity index (χ1) is 11.5. The molecule has 4 nitrogen and oxygen atoms in total. The van der Waals surface area contributed by atoms with Gasteiger partial charge >= 0.3 is 0 Å². The van der Waals surface area contributed by atoms with E-state index < -0.39 is 0 Å². The molecule has 0 spiro atoms. The monoisotopic (exact) mass is 385 g/mol. The molecule has 0 radical (unpaired) electrons. The van der Waals surface area contributed by atoms with E-state index in [1.165, 1.54) is 0 Å². The first kappa shape index (κ1) is 20.5. The Hall–Kier alpha value is -0.840. The molecule has 1 amide bonds. The van der Waals surface area contributed by atoms with Gasteiger partial charge in [0.05, 0.1) is 5.02 Å². The number of hydrogen-bond donors (Lipinski definition) is 1. The molecule has 140 valence electrons. The first-order valence-electron chi connectivity index (χ1n) is 8.97. The van der Waals surface area contributed by atoms with Crippen LogP contribution < -0.4 is 5.32 Å². The highest BCUT2D eigenvalue weighted by Crippen LogP contribution is 2.33. The number of hydrogen-bond acceptors (Lipinski definition) is 3. The fourth-order valence-corrected chi connectivity index (χ4v) is 4.31. The average Bonchev–Trinajstić information content (AvgIpc) is 2.46. The Morgan fingerprint density at radius 2 is 1.84 bits per heavy atom. The van der Waals surface area contributed by atoms with E-state index in [-0.39, 0.29) is 33.9 Å². The van der Waals surface area contributed by atoms with Gasteiger partial charge in [-0.1, -0.05) is 36.5 Å². The summed E-state index contributed by atoms with van der Waals surface area (Å²) in [6, 6.07) is 3.38. The summed E-state index contributed by atoms with van der Waals surface area (Å²) in [5.41, 5.74) is 0.172. The van der Waals surface area contributed by atoms with Gasteiger partial charge in [-0.05, 0) is 59.1 Å². The van der Waals surface area contributed by atoms with Gasteiger partial charge in [-0.3, -0.25) is 4.79 Å². The Bertz CT molecular complexity index is 615. The lowest BCUT2D eigenvalue weighted by atomic mass is 9.79. The molecule has 6 heteroatoms. The highest BCUT2D eigenvalue weighted by molar-refractivity contribution is 6.34. The third kappa shape index (κ3) is 5.32. The Balaban J connectivity index is 2.35. The van der Waals surface area contributed by atoms with E-state index in [9.17, 15) is 4.79 Å². The fraction of sp³-hybridized carbons (Fsp3) is 0.684. The molecule has 1 aromatic heterocycles. The summed E-state index contributed by atoms with van der Waals surface area (Å²) in [6.45, 7) is 11.6. The van der Waals surface area contributed by atoms with Crippen LogP contribution in [0.15, 0.2) is 12.1 Å². The lowest BCUT2D eigenvalue weighted by molar-refractivity contribution is 0.0437. The lowest BCUT2D eigenvalue weighted by Gasteiger charge is -2.49. The van der Waals surface area contributed by atoms with Crippen LogP contribution in [-0.4, -0.2) is 39.5 Å². The maximum absolute atomic E-state index is 13.2. The van der Waals surface area contributed by atoms with Gasteiger partial charge in [0.2, 0.25) is 0 Å². The van der Waals surface area contributed by atoms with E-state index in [0.29, 0.717) is 11.6 Å². The Kier molecular flexibility index (Phi) is 6.40. The number of pyridine rings is 1. The lowest BCUT2D eigenvalue weighted by Crippen LogP contribution is -2.63. The highest BCUT2D eigenvalue weighted by Gasteiger charge is 2.41. The van der Waals surface area contributed by atoms with Crippen LogP contribution in [0.4, 0.5) is 0 Å². The van der Waals surface area contributed by atoms with Gasteiger partial charge < -0.3 is 10.2 Å². The smallest absolute Gasteiger partial charge is 0.274 e. The number of carbonyl (C=O) groups is 1.